The highest BCUT2D eigenvalue weighted by molar-refractivity contribution is 7.92. The summed E-state index contributed by atoms with van der Waals surface area (Å²) in [7, 11) is -3.42. The van der Waals surface area contributed by atoms with Crippen molar-refractivity contribution >= 4 is 27.4 Å². The van der Waals surface area contributed by atoms with E-state index in [9.17, 15) is 8.42 Å². The van der Waals surface area contributed by atoms with Gasteiger partial charge >= 0.3 is 0 Å². The van der Waals surface area contributed by atoms with Gasteiger partial charge in [-0.15, -0.1) is 11.3 Å². The van der Waals surface area contributed by atoms with Crippen LogP contribution in [0.25, 0.3) is 16.8 Å². The molecule has 0 aliphatic carbocycles. The van der Waals surface area contributed by atoms with Gasteiger partial charge in [0.2, 0.25) is 15.9 Å². The SMILES string of the molecule is Cc1oc(-c2cccs2)nc1CN1CCN(S(=O)(=O)/C=C\c2ccccc2)CC1. The van der Waals surface area contributed by atoms with Crippen molar-refractivity contribution in [2.24, 2.45) is 0 Å². The molecule has 1 fully saturated rings. The van der Waals surface area contributed by atoms with Gasteiger partial charge in [-0.2, -0.15) is 4.31 Å². The molecule has 3 heterocycles. The summed E-state index contributed by atoms with van der Waals surface area (Å²) in [6.45, 7) is 4.85. The number of piperazine rings is 1. The van der Waals surface area contributed by atoms with Crippen molar-refractivity contribution < 1.29 is 12.8 Å². The summed E-state index contributed by atoms with van der Waals surface area (Å²) < 4.78 is 32.6. The number of aromatic nitrogens is 1. The van der Waals surface area contributed by atoms with E-state index < -0.39 is 10.0 Å². The van der Waals surface area contributed by atoms with Gasteiger partial charge < -0.3 is 4.42 Å². The van der Waals surface area contributed by atoms with E-state index in [1.54, 1.807) is 17.4 Å². The number of thiophene rings is 1. The number of sulfonamides is 1. The number of hydrogen-bond acceptors (Lipinski definition) is 6. The Kier molecular flexibility index (Phi) is 5.96. The first-order chi connectivity index (χ1) is 14.0. The molecule has 1 aliphatic heterocycles. The fourth-order valence-corrected chi connectivity index (χ4v) is 5.07. The first-order valence-electron chi connectivity index (χ1n) is 9.47. The monoisotopic (exact) mass is 429 g/mol. The molecule has 0 bridgehead atoms. The van der Waals surface area contributed by atoms with Crippen molar-refractivity contribution in [2.45, 2.75) is 13.5 Å². The van der Waals surface area contributed by atoms with E-state index in [1.807, 2.05) is 54.8 Å². The fraction of sp³-hybridized carbons (Fsp3) is 0.286. The van der Waals surface area contributed by atoms with Crippen molar-refractivity contribution in [3.05, 3.63) is 70.3 Å². The minimum Gasteiger partial charge on any atom is -0.440 e. The Bertz CT molecular complexity index is 1070. The van der Waals surface area contributed by atoms with E-state index in [2.05, 4.69) is 9.88 Å². The molecule has 1 aromatic carbocycles. The molecule has 152 valence electrons. The lowest BCUT2D eigenvalue weighted by molar-refractivity contribution is 0.180. The van der Waals surface area contributed by atoms with Crippen LogP contribution in [0.1, 0.15) is 17.0 Å². The lowest BCUT2D eigenvalue weighted by Gasteiger charge is -2.32. The van der Waals surface area contributed by atoms with Crippen LogP contribution in [0.5, 0.6) is 0 Å². The van der Waals surface area contributed by atoms with Crippen LogP contribution in [0, 0.1) is 6.92 Å². The first kappa shape index (κ1) is 20.0. The standard InChI is InChI=1S/C21H23N3O3S2/c1-17-19(22-21(27-17)20-8-5-14-28-20)16-23-10-12-24(13-11-23)29(25,26)15-9-18-6-3-2-4-7-18/h2-9,14-15H,10-13,16H2,1H3/b15-9-. The minimum absolute atomic E-state index is 0.468. The molecule has 6 nitrogen and oxygen atoms in total. The number of hydrogen-bond donors (Lipinski definition) is 0. The first-order valence-corrected chi connectivity index (χ1v) is 11.9. The summed E-state index contributed by atoms with van der Waals surface area (Å²) in [4.78, 5) is 7.87. The zero-order valence-electron chi connectivity index (χ0n) is 16.2. The van der Waals surface area contributed by atoms with E-state index >= 15 is 0 Å². The quantitative estimate of drug-likeness (QED) is 0.596. The largest absolute Gasteiger partial charge is 0.440 e. The highest BCUT2D eigenvalue weighted by Gasteiger charge is 2.26. The van der Waals surface area contributed by atoms with Gasteiger partial charge in [0.05, 0.1) is 10.6 Å². The molecule has 0 unspecified atom stereocenters. The maximum Gasteiger partial charge on any atom is 0.236 e. The van der Waals surface area contributed by atoms with Crippen LogP contribution in [-0.2, 0) is 16.6 Å². The van der Waals surface area contributed by atoms with Crippen LogP contribution >= 0.6 is 11.3 Å². The Hall–Kier alpha value is -2.26. The van der Waals surface area contributed by atoms with E-state index in [-0.39, 0.29) is 0 Å². The molecule has 0 N–H and O–H groups in total. The Balaban J connectivity index is 1.35. The Morgan fingerprint density at radius 1 is 1.10 bits per heavy atom. The van der Waals surface area contributed by atoms with Gasteiger partial charge in [0, 0.05) is 38.1 Å². The van der Waals surface area contributed by atoms with E-state index in [4.69, 9.17) is 4.42 Å². The fourth-order valence-electron chi connectivity index (χ4n) is 3.25. The third kappa shape index (κ3) is 4.84. The van der Waals surface area contributed by atoms with Gasteiger partial charge in [0.1, 0.15) is 5.76 Å². The minimum atomic E-state index is -3.42. The van der Waals surface area contributed by atoms with Crippen LogP contribution in [0.15, 0.2) is 57.7 Å². The second-order valence-corrected chi connectivity index (χ2v) is 9.70. The third-order valence-electron chi connectivity index (χ3n) is 4.92. The summed E-state index contributed by atoms with van der Waals surface area (Å²) in [6.07, 6.45) is 1.65. The zero-order valence-corrected chi connectivity index (χ0v) is 17.8. The van der Waals surface area contributed by atoms with Crippen molar-refractivity contribution in [1.82, 2.24) is 14.2 Å². The number of aryl methyl sites for hydroxylation is 1. The van der Waals surface area contributed by atoms with E-state index in [0.717, 1.165) is 21.9 Å². The van der Waals surface area contributed by atoms with Crippen LogP contribution in [0.4, 0.5) is 0 Å². The molecule has 0 radical (unpaired) electrons. The Labute approximate surface area is 175 Å². The normalized spacial score (nSPS) is 16.6. The molecular formula is C21H23N3O3S2. The molecular weight excluding hydrogens is 406 g/mol. The Morgan fingerprint density at radius 3 is 2.55 bits per heavy atom. The third-order valence-corrected chi connectivity index (χ3v) is 7.34. The molecule has 0 spiro atoms. The maximum atomic E-state index is 12.6. The van der Waals surface area contributed by atoms with Crippen LogP contribution in [-0.4, -0.2) is 48.8 Å². The van der Waals surface area contributed by atoms with Gasteiger partial charge in [-0.1, -0.05) is 36.4 Å². The number of rotatable bonds is 6. The smallest absolute Gasteiger partial charge is 0.236 e. The highest BCUT2D eigenvalue weighted by Crippen LogP contribution is 2.26. The van der Waals surface area contributed by atoms with Gasteiger partial charge in [0.15, 0.2) is 0 Å². The van der Waals surface area contributed by atoms with Crippen molar-refractivity contribution in [3.8, 4) is 10.8 Å². The van der Waals surface area contributed by atoms with Crippen LogP contribution < -0.4 is 0 Å². The van der Waals surface area contributed by atoms with Crippen LogP contribution in [0.3, 0.4) is 0 Å². The zero-order chi connectivity index (χ0) is 20.3. The predicted molar refractivity (Wildman–Crippen MR) is 116 cm³/mol. The maximum absolute atomic E-state index is 12.6. The second kappa shape index (κ2) is 8.62. The lowest BCUT2D eigenvalue weighted by atomic mass is 10.2. The molecule has 4 rings (SSSR count). The highest BCUT2D eigenvalue weighted by atomic mass is 32.2. The molecule has 0 amide bonds. The van der Waals surface area contributed by atoms with Gasteiger partial charge in [-0.25, -0.2) is 13.4 Å². The summed E-state index contributed by atoms with van der Waals surface area (Å²) >= 11 is 1.60. The number of benzene rings is 1. The van der Waals surface area contributed by atoms with Gasteiger partial charge in [-0.05, 0) is 30.0 Å². The average Bonchev–Trinajstić information content (AvgIpc) is 3.38. The van der Waals surface area contributed by atoms with Crippen molar-refractivity contribution in [1.29, 1.82) is 0 Å². The number of oxazole rings is 1. The average molecular weight is 430 g/mol. The second-order valence-electron chi connectivity index (χ2n) is 6.93. The number of nitrogens with zero attached hydrogens (tertiary/aromatic N) is 3. The molecule has 1 saturated heterocycles. The van der Waals surface area contributed by atoms with Gasteiger partial charge in [0.25, 0.3) is 0 Å². The summed E-state index contributed by atoms with van der Waals surface area (Å²) in [5, 5.41) is 3.30. The predicted octanol–water partition coefficient (Wildman–Crippen LogP) is 3.83. The molecule has 2 aromatic heterocycles. The van der Waals surface area contributed by atoms with E-state index in [0.29, 0.717) is 38.6 Å². The Morgan fingerprint density at radius 2 is 1.86 bits per heavy atom. The molecule has 0 saturated carbocycles. The molecule has 29 heavy (non-hydrogen) atoms. The van der Waals surface area contributed by atoms with Crippen molar-refractivity contribution in [2.75, 3.05) is 26.2 Å². The molecule has 1 aliphatic rings. The summed E-state index contributed by atoms with van der Waals surface area (Å²) in [5.74, 6) is 1.47. The van der Waals surface area contributed by atoms with E-state index in [1.165, 1.54) is 9.71 Å². The summed E-state index contributed by atoms with van der Waals surface area (Å²) in [6, 6.07) is 13.4. The lowest BCUT2D eigenvalue weighted by Crippen LogP contribution is -2.47. The topological polar surface area (TPSA) is 66.7 Å². The summed E-state index contributed by atoms with van der Waals surface area (Å²) in [5.41, 5.74) is 1.78. The van der Waals surface area contributed by atoms with Gasteiger partial charge in [-0.3, -0.25) is 4.90 Å². The molecule has 0 atom stereocenters. The van der Waals surface area contributed by atoms with Crippen LogP contribution in [0.2, 0.25) is 0 Å². The van der Waals surface area contributed by atoms with Crippen molar-refractivity contribution in [3.63, 3.8) is 0 Å². The molecule has 3 aromatic rings. The molecule has 8 heteroatoms.